The number of thiophene rings is 2. The van der Waals surface area contributed by atoms with E-state index in [9.17, 15) is 0 Å². The van der Waals surface area contributed by atoms with E-state index in [1.54, 1.807) is 17.4 Å². The summed E-state index contributed by atoms with van der Waals surface area (Å²) < 4.78 is 37.4. The normalized spacial score (nSPS) is 15.6. The summed E-state index contributed by atoms with van der Waals surface area (Å²) in [7, 11) is 0. The molecule has 46 heavy (non-hydrogen) atoms. The minimum Gasteiger partial charge on any atom is -0.457 e. The second kappa shape index (κ2) is 9.75. The molecule has 6 aromatic rings. The minimum atomic E-state index is -2.31. The van der Waals surface area contributed by atoms with Crippen molar-refractivity contribution in [3.8, 4) is 11.5 Å². The van der Waals surface area contributed by atoms with E-state index in [4.69, 9.17) is 8.85 Å². The predicted molar refractivity (Wildman–Crippen MR) is 204 cm³/mol. The lowest BCUT2D eigenvalue weighted by Gasteiger charge is -2.38. The van der Waals surface area contributed by atoms with Crippen molar-refractivity contribution in [2.75, 3.05) is 4.90 Å². The summed E-state index contributed by atoms with van der Waals surface area (Å²) in [6.07, 6.45) is 0. The Morgan fingerprint density at radius 1 is 0.652 bits per heavy atom. The summed E-state index contributed by atoms with van der Waals surface area (Å²) in [4.78, 5) is 2.32. The maximum Gasteiger partial charge on any atom is 0.281 e. The third kappa shape index (κ3) is 4.49. The first-order valence-electron chi connectivity index (χ1n) is 17.7. The molecule has 0 saturated carbocycles. The first-order valence-corrected chi connectivity index (χ1v) is 17.8. The molecule has 0 spiro atoms. The molecule has 0 fully saturated rings. The van der Waals surface area contributed by atoms with Gasteiger partial charge in [0.25, 0.3) is 6.71 Å². The lowest BCUT2D eigenvalue weighted by atomic mass is 9.40. The molecule has 0 radical (unpaired) electrons. The fourth-order valence-electron chi connectivity index (χ4n) is 7.01. The Bertz CT molecular complexity index is 2310. The second-order valence-electron chi connectivity index (χ2n) is 16.1. The molecule has 0 unspecified atom stereocenters. The number of hydrogen-bond donors (Lipinski definition) is 0. The molecule has 0 bridgehead atoms. The molecule has 232 valence electrons. The van der Waals surface area contributed by atoms with Crippen LogP contribution in [0, 0.1) is 6.85 Å². The van der Waals surface area contributed by atoms with Crippen molar-refractivity contribution in [2.45, 2.75) is 85.4 Å². The van der Waals surface area contributed by atoms with Gasteiger partial charge < -0.3 is 9.64 Å². The third-order valence-corrected chi connectivity index (χ3v) is 12.1. The second-order valence-corrected chi connectivity index (χ2v) is 18.3. The Morgan fingerprint density at radius 2 is 1.22 bits per heavy atom. The monoisotopic (exact) mass is 642 g/mol. The highest BCUT2D eigenvalue weighted by Crippen LogP contribution is 2.49. The maximum atomic E-state index is 8.55. The molecule has 5 heteroatoms. The van der Waals surface area contributed by atoms with Crippen LogP contribution in [0.5, 0.6) is 11.5 Å². The Labute approximate surface area is 286 Å². The van der Waals surface area contributed by atoms with E-state index >= 15 is 0 Å². The number of aryl methyl sites for hydroxylation is 1. The SMILES string of the molecule is [2H]C([2H])([2H])c1cc2c3c(c1)N(c1ccc(C(C)(C)C)cc1)c1c(sc4ccc(C(C)(C)C)cc14)B3c1sc3ccc(C(C)(C)C)cc3c1O2. The van der Waals surface area contributed by atoms with E-state index in [0.717, 1.165) is 33.7 Å². The first kappa shape index (κ1) is 26.5. The molecule has 0 amide bonds. The van der Waals surface area contributed by atoms with Crippen LogP contribution in [0.2, 0.25) is 0 Å². The van der Waals surface area contributed by atoms with E-state index < -0.39 is 6.85 Å². The van der Waals surface area contributed by atoms with Gasteiger partial charge in [0.2, 0.25) is 0 Å². The molecule has 0 saturated heterocycles. The number of anilines is 3. The molecule has 0 atom stereocenters. The van der Waals surface area contributed by atoms with Gasteiger partial charge in [0.1, 0.15) is 11.5 Å². The van der Waals surface area contributed by atoms with Crippen LogP contribution in [-0.4, -0.2) is 6.71 Å². The van der Waals surface area contributed by atoms with Gasteiger partial charge in [0.15, 0.2) is 0 Å². The summed E-state index contributed by atoms with van der Waals surface area (Å²) in [6, 6.07) is 26.1. The summed E-state index contributed by atoms with van der Waals surface area (Å²) in [5, 5.41) is 2.29. The summed E-state index contributed by atoms with van der Waals surface area (Å²) in [5.41, 5.74) is 8.09. The standard InChI is InChI=1S/C41H42BNOS2/c1-23-19-30-34-31(20-23)44-36-29-22-26(41(8,9)10)14-18-33(29)46-38(36)42(34)37-35(28-21-25(40(5,6)7)13-17-32(28)45-37)43(30)27-15-11-24(12-16-27)39(2,3)4/h11-22H,1-10H3/i1D3. The predicted octanol–water partition coefficient (Wildman–Crippen LogP) is 10.7. The molecular weight excluding hydrogens is 597 g/mol. The average molecular weight is 643 g/mol. The maximum absolute atomic E-state index is 8.55. The quantitative estimate of drug-likeness (QED) is 0.165. The highest BCUT2D eigenvalue weighted by molar-refractivity contribution is 7.40. The van der Waals surface area contributed by atoms with Crippen molar-refractivity contribution < 1.29 is 8.85 Å². The Balaban J connectivity index is 1.48. The van der Waals surface area contributed by atoms with Crippen LogP contribution in [0.4, 0.5) is 17.1 Å². The molecule has 2 aliphatic rings. The average Bonchev–Trinajstić information content (AvgIpc) is 3.57. The van der Waals surface area contributed by atoms with Crippen molar-refractivity contribution >= 4 is 81.6 Å². The Kier molecular flexibility index (Phi) is 5.62. The van der Waals surface area contributed by atoms with E-state index in [0.29, 0.717) is 5.75 Å². The number of ether oxygens (including phenoxy) is 1. The number of benzene rings is 4. The van der Waals surface area contributed by atoms with Crippen LogP contribution in [0.25, 0.3) is 20.2 Å². The number of hydrogen-bond acceptors (Lipinski definition) is 4. The van der Waals surface area contributed by atoms with Crippen LogP contribution in [0.15, 0.2) is 72.8 Å². The fraction of sp³-hybridized carbons (Fsp3) is 0.317. The smallest absolute Gasteiger partial charge is 0.281 e. The number of fused-ring (bicyclic) bond motifs is 8. The van der Waals surface area contributed by atoms with Crippen molar-refractivity contribution in [1.29, 1.82) is 0 Å². The molecule has 2 nitrogen and oxygen atoms in total. The lowest BCUT2D eigenvalue weighted by molar-refractivity contribution is 0.494. The van der Waals surface area contributed by atoms with Crippen LogP contribution < -0.4 is 24.7 Å². The van der Waals surface area contributed by atoms with Crippen LogP contribution >= 0.6 is 22.7 Å². The Hall–Kier alpha value is -3.54. The van der Waals surface area contributed by atoms with E-state index in [2.05, 4.69) is 128 Å². The minimum absolute atomic E-state index is 0.00594. The van der Waals surface area contributed by atoms with Gasteiger partial charge in [-0.1, -0.05) is 86.6 Å². The van der Waals surface area contributed by atoms with Gasteiger partial charge in [-0.2, -0.15) is 0 Å². The van der Waals surface area contributed by atoms with Crippen molar-refractivity contribution in [1.82, 2.24) is 0 Å². The van der Waals surface area contributed by atoms with Gasteiger partial charge in [-0.05, 0) is 99.3 Å². The fourth-order valence-corrected chi connectivity index (χ4v) is 9.61. The Morgan fingerprint density at radius 3 is 1.83 bits per heavy atom. The first-order chi connectivity index (χ1) is 22.8. The van der Waals surface area contributed by atoms with Crippen molar-refractivity contribution in [3.05, 3.63) is 95.1 Å². The zero-order valence-corrected chi connectivity index (χ0v) is 29.8. The van der Waals surface area contributed by atoms with E-state index in [1.807, 2.05) is 17.4 Å². The number of rotatable bonds is 1. The van der Waals surface area contributed by atoms with Gasteiger partial charge in [-0.15, -0.1) is 22.7 Å². The molecule has 8 rings (SSSR count). The van der Waals surface area contributed by atoms with Crippen LogP contribution in [0.3, 0.4) is 0 Å². The number of nitrogens with zero attached hydrogens (tertiary/aromatic N) is 1. The summed E-state index contributed by atoms with van der Waals surface area (Å²) in [5.74, 6) is 1.50. The van der Waals surface area contributed by atoms with E-state index in [1.165, 1.54) is 41.0 Å². The van der Waals surface area contributed by atoms with Gasteiger partial charge in [-0.25, -0.2) is 0 Å². The summed E-state index contributed by atoms with van der Waals surface area (Å²) >= 11 is 3.66. The molecule has 0 N–H and O–H groups in total. The van der Waals surface area contributed by atoms with E-state index in [-0.39, 0.29) is 28.5 Å². The molecule has 4 heterocycles. The van der Waals surface area contributed by atoms with Crippen molar-refractivity contribution in [3.63, 3.8) is 0 Å². The summed E-state index contributed by atoms with van der Waals surface area (Å²) in [6.45, 7) is 17.8. The molecule has 4 aromatic carbocycles. The van der Waals surface area contributed by atoms with Gasteiger partial charge in [0.05, 0.1) is 5.69 Å². The topological polar surface area (TPSA) is 12.5 Å². The zero-order valence-electron chi connectivity index (χ0n) is 31.2. The van der Waals surface area contributed by atoms with Crippen molar-refractivity contribution in [2.24, 2.45) is 0 Å². The van der Waals surface area contributed by atoms with Gasteiger partial charge in [-0.3, -0.25) is 0 Å². The van der Waals surface area contributed by atoms with Gasteiger partial charge in [0, 0.05) is 45.2 Å². The van der Waals surface area contributed by atoms with Crippen LogP contribution in [-0.2, 0) is 16.2 Å². The lowest BCUT2D eigenvalue weighted by Crippen LogP contribution is -2.57. The van der Waals surface area contributed by atoms with Gasteiger partial charge >= 0.3 is 0 Å². The zero-order chi connectivity index (χ0) is 35.0. The molecule has 2 aliphatic heterocycles. The van der Waals surface area contributed by atoms with Crippen LogP contribution in [0.1, 0.15) is 88.7 Å². The third-order valence-electron chi connectivity index (χ3n) is 9.69. The molecule has 0 aliphatic carbocycles. The highest BCUT2D eigenvalue weighted by atomic mass is 32.1. The molecular formula is C41H42BNOS2. The largest absolute Gasteiger partial charge is 0.457 e. The molecule has 2 aromatic heterocycles. The highest BCUT2D eigenvalue weighted by Gasteiger charge is 2.46.